The van der Waals surface area contributed by atoms with Gasteiger partial charge in [0.2, 0.25) is 5.88 Å². The lowest BCUT2D eigenvalue weighted by molar-refractivity contribution is 0.0538. The molecule has 1 aromatic heterocycles. The highest BCUT2D eigenvalue weighted by Gasteiger charge is 2.20. The van der Waals surface area contributed by atoms with Crippen LogP contribution in [0.15, 0.2) is 77.8 Å². The molecule has 0 spiro atoms. The topological polar surface area (TPSA) is 141 Å². The Morgan fingerprint density at radius 3 is 2.15 bits per heavy atom. The third kappa shape index (κ3) is 8.92. The van der Waals surface area contributed by atoms with E-state index in [0.717, 1.165) is 19.0 Å². The first-order valence-corrected chi connectivity index (χ1v) is 14.0. The van der Waals surface area contributed by atoms with Crippen LogP contribution in [-0.4, -0.2) is 44.0 Å². The smallest absolute Gasteiger partial charge is 0.431 e. The van der Waals surface area contributed by atoms with E-state index in [1.54, 1.807) is 0 Å². The van der Waals surface area contributed by atoms with Gasteiger partial charge < -0.3 is 14.8 Å². The van der Waals surface area contributed by atoms with Crippen LogP contribution in [0.5, 0.6) is 5.88 Å². The average Bonchev–Trinajstić information content (AvgIpc) is 2.94. The SMILES string of the molecule is CCC(CC)OC(=O)Oc1ccc(C(=O)NS(=O)(=O)c2ccc(C(=O)NCCCc3ccccc3)cc2)cn1. The Morgan fingerprint density at radius 2 is 1.54 bits per heavy atom. The van der Waals surface area contributed by atoms with Crippen LogP contribution < -0.4 is 14.8 Å². The summed E-state index contributed by atoms with van der Waals surface area (Å²) in [5, 5.41) is 2.81. The number of carbonyl (C=O) groups excluding carboxylic acids is 3. The second kappa shape index (κ2) is 14.1. The molecule has 10 nitrogen and oxygen atoms in total. The molecule has 0 bridgehead atoms. The number of benzene rings is 2. The Labute approximate surface area is 227 Å². The van der Waals surface area contributed by atoms with Gasteiger partial charge in [0, 0.05) is 24.4 Å². The molecule has 2 aromatic carbocycles. The van der Waals surface area contributed by atoms with Crippen molar-refractivity contribution in [1.82, 2.24) is 15.0 Å². The molecule has 0 saturated heterocycles. The van der Waals surface area contributed by atoms with E-state index < -0.39 is 22.1 Å². The standard InChI is InChI=1S/C28H31N3O7S/c1-3-23(4-2)37-28(34)38-25-17-14-22(19-30-25)27(33)31-39(35,36)24-15-12-21(13-16-24)26(32)29-18-8-11-20-9-6-5-7-10-20/h5-7,9-10,12-17,19,23H,3-4,8,11,18H2,1-2H3,(H,29,32)(H,31,33). The molecule has 0 aliphatic carbocycles. The van der Waals surface area contributed by atoms with Crippen molar-refractivity contribution in [3.05, 3.63) is 89.6 Å². The number of hydrogen-bond acceptors (Lipinski definition) is 8. The highest BCUT2D eigenvalue weighted by molar-refractivity contribution is 7.90. The first-order valence-electron chi connectivity index (χ1n) is 12.6. The summed E-state index contributed by atoms with van der Waals surface area (Å²) in [4.78, 5) is 40.4. The lowest BCUT2D eigenvalue weighted by Gasteiger charge is -2.13. The van der Waals surface area contributed by atoms with E-state index in [9.17, 15) is 22.8 Å². The summed E-state index contributed by atoms with van der Waals surface area (Å²) in [6, 6.07) is 17.7. The number of ether oxygens (including phenoxy) is 2. The highest BCUT2D eigenvalue weighted by Crippen LogP contribution is 2.14. The molecule has 0 saturated carbocycles. The van der Waals surface area contributed by atoms with Crippen molar-refractivity contribution in [3.8, 4) is 5.88 Å². The minimum atomic E-state index is -4.21. The van der Waals surface area contributed by atoms with E-state index in [4.69, 9.17) is 9.47 Å². The Bertz CT molecular complexity index is 1360. The molecular formula is C28H31N3O7S. The van der Waals surface area contributed by atoms with E-state index in [1.165, 1.54) is 42.0 Å². The maximum absolute atomic E-state index is 12.7. The summed E-state index contributed by atoms with van der Waals surface area (Å²) in [6.07, 6.45) is 2.75. The third-order valence-corrected chi connectivity index (χ3v) is 7.13. The molecule has 0 atom stereocenters. The molecule has 206 valence electrons. The maximum Gasteiger partial charge on any atom is 0.515 e. The zero-order valence-corrected chi connectivity index (χ0v) is 22.6. The number of rotatable bonds is 12. The zero-order chi connectivity index (χ0) is 28.3. The number of carbonyl (C=O) groups is 3. The number of sulfonamides is 1. The van der Waals surface area contributed by atoms with Crippen LogP contribution in [0.25, 0.3) is 0 Å². The highest BCUT2D eigenvalue weighted by atomic mass is 32.2. The molecule has 3 rings (SSSR count). The Hall–Kier alpha value is -4.25. The molecule has 11 heteroatoms. The first kappa shape index (κ1) is 29.3. The summed E-state index contributed by atoms with van der Waals surface area (Å²) in [5.41, 5.74) is 1.41. The molecule has 2 N–H and O–H groups in total. The third-order valence-electron chi connectivity index (χ3n) is 5.78. The minimum absolute atomic E-state index is 0.0641. The number of pyridine rings is 1. The van der Waals surface area contributed by atoms with Crippen LogP contribution in [0.2, 0.25) is 0 Å². The van der Waals surface area contributed by atoms with Gasteiger partial charge in [0.1, 0.15) is 6.10 Å². The van der Waals surface area contributed by atoms with Gasteiger partial charge in [-0.2, -0.15) is 0 Å². The van der Waals surface area contributed by atoms with E-state index in [0.29, 0.717) is 24.9 Å². The van der Waals surface area contributed by atoms with Crippen LogP contribution in [-0.2, 0) is 21.2 Å². The van der Waals surface area contributed by atoms with Gasteiger partial charge in [-0.3, -0.25) is 9.59 Å². The average molecular weight is 554 g/mol. The van der Waals surface area contributed by atoms with Crippen molar-refractivity contribution in [2.75, 3.05) is 6.54 Å². The van der Waals surface area contributed by atoms with E-state index in [2.05, 4.69) is 10.3 Å². The Kier molecular flexibility index (Phi) is 10.6. The fraction of sp³-hybridized carbons (Fsp3) is 0.286. The van der Waals surface area contributed by atoms with Gasteiger partial charge in [-0.25, -0.2) is 22.9 Å². The second-order valence-corrected chi connectivity index (χ2v) is 10.3. The lowest BCUT2D eigenvalue weighted by atomic mass is 10.1. The predicted molar refractivity (Wildman–Crippen MR) is 144 cm³/mol. The number of aromatic nitrogens is 1. The van der Waals surface area contributed by atoms with Crippen molar-refractivity contribution in [1.29, 1.82) is 0 Å². The van der Waals surface area contributed by atoms with Crippen LogP contribution in [0.4, 0.5) is 4.79 Å². The van der Waals surface area contributed by atoms with E-state index in [-0.39, 0.29) is 28.4 Å². The lowest BCUT2D eigenvalue weighted by Crippen LogP contribution is -2.31. The number of nitrogens with one attached hydrogen (secondary N) is 2. The molecule has 0 aliphatic rings. The summed E-state index contributed by atoms with van der Waals surface area (Å²) < 4.78 is 37.4. The number of nitrogens with zero attached hydrogens (tertiary/aromatic N) is 1. The summed E-state index contributed by atoms with van der Waals surface area (Å²) in [5.74, 6) is -1.35. The fourth-order valence-electron chi connectivity index (χ4n) is 3.54. The maximum atomic E-state index is 12.7. The number of hydrogen-bond donors (Lipinski definition) is 2. The van der Waals surface area contributed by atoms with Gasteiger partial charge in [-0.05, 0) is 61.6 Å². The fourth-order valence-corrected chi connectivity index (χ4v) is 4.52. The predicted octanol–water partition coefficient (Wildman–Crippen LogP) is 4.27. The summed E-state index contributed by atoms with van der Waals surface area (Å²) >= 11 is 0. The van der Waals surface area contributed by atoms with Crippen molar-refractivity contribution >= 4 is 28.0 Å². The van der Waals surface area contributed by atoms with E-state index in [1.807, 2.05) is 48.9 Å². The van der Waals surface area contributed by atoms with Crippen LogP contribution in [0.1, 0.15) is 59.4 Å². The van der Waals surface area contributed by atoms with Gasteiger partial charge in [-0.1, -0.05) is 44.2 Å². The van der Waals surface area contributed by atoms with Gasteiger partial charge >= 0.3 is 6.16 Å². The second-order valence-electron chi connectivity index (χ2n) is 8.60. The molecule has 0 fully saturated rings. The summed E-state index contributed by atoms with van der Waals surface area (Å²) in [6.45, 7) is 4.23. The molecule has 0 unspecified atom stereocenters. The quantitative estimate of drug-likeness (QED) is 0.250. The van der Waals surface area contributed by atoms with Crippen molar-refractivity contribution in [2.24, 2.45) is 0 Å². The van der Waals surface area contributed by atoms with Crippen LogP contribution >= 0.6 is 0 Å². The normalized spacial score (nSPS) is 11.1. The monoisotopic (exact) mass is 553 g/mol. The molecular weight excluding hydrogens is 522 g/mol. The largest absolute Gasteiger partial charge is 0.515 e. The molecule has 0 radical (unpaired) electrons. The van der Waals surface area contributed by atoms with Crippen molar-refractivity contribution < 1.29 is 32.3 Å². The zero-order valence-electron chi connectivity index (χ0n) is 21.8. The summed E-state index contributed by atoms with van der Waals surface area (Å²) in [7, 11) is -4.21. The molecule has 0 aliphatic heterocycles. The van der Waals surface area contributed by atoms with Gasteiger partial charge in [0.25, 0.3) is 21.8 Å². The molecule has 1 heterocycles. The van der Waals surface area contributed by atoms with Crippen molar-refractivity contribution in [2.45, 2.75) is 50.5 Å². The number of aryl methyl sites for hydroxylation is 1. The molecule has 3 aromatic rings. The Morgan fingerprint density at radius 1 is 0.872 bits per heavy atom. The van der Waals surface area contributed by atoms with Gasteiger partial charge in [0.05, 0.1) is 10.5 Å². The van der Waals surface area contributed by atoms with Gasteiger partial charge in [0.15, 0.2) is 0 Å². The van der Waals surface area contributed by atoms with Crippen LogP contribution in [0, 0.1) is 0 Å². The van der Waals surface area contributed by atoms with Gasteiger partial charge in [-0.15, -0.1) is 0 Å². The number of amides is 2. The van der Waals surface area contributed by atoms with E-state index >= 15 is 0 Å². The molecule has 39 heavy (non-hydrogen) atoms. The first-order chi connectivity index (χ1) is 18.7. The van der Waals surface area contributed by atoms with Crippen molar-refractivity contribution in [3.63, 3.8) is 0 Å². The minimum Gasteiger partial charge on any atom is -0.431 e. The Balaban J connectivity index is 1.51. The molecule has 2 amide bonds. The van der Waals surface area contributed by atoms with Crippen LogP contribution in [0.3, 0.4) is 0 Å².